The maximum Gasteiger partial charge on any atom is 0.269 e. The largest absolute Gasteiger partial charge is 0.465 e. The van der Waals surface area contributed by atoms with Gasteiger partial charge in [0.15, 0.2) is 0 Å². The second-order valence-electron chi connectivity index (χ2n) is 5.03. The summed E-state index contributed by atoms with van der Waals surface area (Å²) in [4.78, 5) is 10.2. The van der Waals surface area contributed by atoms with Gasteiger partial charge in [-0.05, 0) is 35.4 Å². The van der Waals surface area contributed by atoms with Gasteiger partial charge in [-0.2, -0.15) is 0 Å². The van der Waals surface area contributed by atoms with E-state index in [1.165, 1.54) is 12.1 Å². The monoisotopic (exact) mass is 297 g/mol. The summed E-state index contributed by atoms with van der Waals surface area (Å²) in [6.07, 6.45) is 2.39. The number of rotatable bonds is 4. The first-order chi connectivity index (χ1) is 10.7. The summed E-state index contributed by atoms with van der Waals surface area (Å²) in [5.41, 5.74) is 2.12. The van der Waals surface area contributed by atoms with Crippen molar-refractivity contribution >= 4 is 11.8 Å². The van der Waals surface area contributed by atoms with E-state index in [4.69, 9.17) is 9.47 Å². The maximum atomic E-state index is 10.6. The summed E-state index contributed by atoms with van der Waals surface area (Å²) in [6, 6.07) is 16.0. The molecule has 112 valence electrons. The summed E-state index contributed by atoms with van der Waals surface area (Å²) in [5.74, 6) is 0.782. The minimum atomic E-state index is -0.403. The van der Waals surface area contributed by atoms with Gasteiger partial charge in [0.2, 0.25) is 6.29 Å². The van der Waals surface area contributed by atoms with E-state index in [-0.39, 0.29) is 12.0 Å². The topological polar surface area (TPSA) is 61.6 Å². The van der Waals surface area contributed by atoms with Crippen molar-refractivity contribution in [2.24, 2.45) is 0 Å². The Labute approximate surface area is 127 Å². The number of hydrogen-bond donors (Lipinski definition) is 0. The van der Waals surface area contributed by atoms with Crippen LogP contribution in [0, 0.1) is 10.1 Å². The molecule has 0 spiro atoms. The average Bonchev–Trinajstić information content (AvgIpc) is 2.96. The zero-order valence-corrected chi connectivity index (χ0v) is 11.8. The van der Waals surface area contributed by atoms with E-state index in [0.29, 0.717) is 13.0 Å². The standard InChI is InChI=1S/C17H15NO4/c19-18(20)15-8-6-13(7-9-15)10-14-11-17(21-12-14)22-16-4-2-1-3-5-16/h1-10,17H,11-12H2/b14-10-/t17-/m1/s1. The van der Waals surface area contributed by atoms with Gasteiger partial charge in [0.25, 0.3) is 5.69 Å². The molecular formula is C17H15NO4. The molecule has 0 bridgehead atoms. The highest BCUT2D eigenvalue weighted by atomic mass is 16.7. The van der Waals surface area contributed by atoms with Crippen LogP contribution in [0.5, 0.6) is 5.75 Å². The molecule has 1 aliphatic rings. The van der Waals surface area contributed by atoms with Crippen LogP contribution < -0.4 is 4.74 Å². The van der Waals surface area contributed by atoms with E-state index in [9.17, 15) is 10.1 Å². The van der Waals surface area contributed by atoms with E-state index in [1.54, 1.807) is 12.1 Å². The quantitative estimate of drug-likeness (QED) is 0.636. The van der Waals surface area contributed by atoms with E-state index in [2.05, 4.69) is 0 Å². The van der Waals surface area contributed by atoms with E-state index < -0.39 is 4.92 Å². The molecule has 0 radical (unpaired) electrons. The van der Waals surface area contributed by atoms with Crippen LogP contribution in [0.15, 0.2) is 60.2 Å². The number of ether oxygens (including phenoxy) is 2. The van der Waals surface area contributed by atoms with Crippen molar-refractivity contribution < 1.29 is 14.4 Å². The predicted molar refractivity (Wildman–Crippen MR) is 82.5 cm³/mol. The predicted octanol–water partition coefficient (Wildman–Crippen LogP) is 3.80. The number of hydrogen-bond acceptors (Lipinski definition) is 4. The molecule has 0 aliphatic carbocycles. The van der Waals surface area contributed by atoms with Crippen molar-refractivity contribution in [3.05, 3.63) is 75.8 Å². The van der Waals surface area contributed by atoms with Gasteiger partial charge >= 0.3 is 0 Å². The Morgan fingerprint density at radius 1 is 1.14 bits per heavy atom. The number of non-ortho nitro benzene ring substituents is 1. The van der Waals surface area contributed by atoms with E-state index >= 15 is 0 Å². The van der Waals surface area contributed by atoms with Crippen molar-refractivity contribution in [3.8, 4) is 5.75 Å². The third-order valence-electron chi connectivity index (χ3n) is 3.37. The first-order valence-corrected chi connectivity index (χ1v) is 6.98. The summed E-state index contributed by atoms with van der Waals surface area (Å²) in [5, 5.41) is 10.6. The molecular weight excluding hydrogens is 282 g/mol. The number of nitro groups is 1. The molecule has 2 aromatic carbocycles. The number of nitrogens with zero attached hydrogens (tertiary/aromatic N) is 1. The Morgan fingerprint density at radius 2 is 1.86 bits per heavy atom. The van der Waals surface area contributed by atoms with Crippen molar-refractivity contribution in [3.63, 3.8) is 0 Å². The highest BCUT2D eigenvalue weighted by Crippen LogP contribution is 2.24. The van der Waals surface area contributed by atoms with Crippen molar-refractivity contribution in [2.75, 3.05) is 6.61 Å². The van der Waals surface area contributed by atoms with Crippen LogP contribution in [0.25, 0.3) is 6.08 Å². The molecule has 0 saturated carbocycles. The molecule has 0 unspecified atom stereocenters. The van der Waals surface area contributed by atoms with Crippen molar-refractivity contribution in [1.29, 1.82) is 0 Å². The lowest BCUT2D eigenvalue weighted by molar-refractivity contribution is -0.384. The molecule has 5 nitrogen and oxygen atoms in total. The second kappa shape index (κ2) is 6.41. The SMILES string of the molecule is O=[N+]([O-])c1ccc(/C=C2\CO[C@H](Oc3ccccc3)C2)cc1. The van der Waals surface area contributed by atoms with Gasteiger partial charge in [0, 0.05) is 18.6 Å². The molecule has 22 heavy (non-hydrogen) atoms. The van der Waals surface area contributed by atoms with Crippen LogP contribution in [-0.2, 0) is 4.74 Å². The van der Waals surface area contributed by atoms with Crippen LogP contribution in [0.2, 0.25) is 0 Å². The van der Waals surface area contributed by atoms with E-state index in [1.807, 2.05) is 36.4 Å². The fourth-order valence-electron chi connectivity index (χ4n) is 2.29. The maximum absolute atomic E-state index is 10.6. The average molecular weight is 297 g/mol. The first kappa shape index (κ1) is 14.3. The van der Waals surface area contributed by atoms with Crippen LogP contribution in [-0.4, -0.2) is 17.8 Å². The molecule has 0 N–H and O–H groups in total. The lowest BCUT2D eigenvalue weighted by atomic mass is 10.1. The third-order valence-corrected chi connectivity index (χ3v) is 3.37. The summed E-state index contributed by atoms with van der Waals surface area (Å²) >= 11 is 0. The summed E-state index contributed by atoms with van der Waals surface area (Å²) < 4.78 is 11.3. The third kappa shape index (κ3) is 3.51. The normalized spacial score (nSPS) is 19.3. The molecule has 2 aromatic rings. The van der Waals surface area contributed by atoms with Gasteiger partial charge in [-0.15, -0.1) is 0 Å². The summed E-state index contributed by atoms with van der Waals surface area (Å²) in [6.45, 7) is 0.508. The van der Waals surface area contributed by atoms with Crippen LogP contribution in [0.4, 0.5) is 5.69 Å². The molecule has 1 atom stereocenters. The highest BCUT2D eigenvalue weighted by Gasteiger charge is 2.21. The lowest BCUT2D eigenvalue weighted by Crippen LogP contribution is -2.13. The van der Waals surface area contributed by atoms with Gasteiger partial charge in [0.1, 0.15) is 5.75 Å². The van der Waals surface area contributed by atoms with Crippen LogP contribution in [0.3, 0.4) is 0 Å². The number of nitro benzene ring substituents is 1. The summed E-state index contributed by atoms with van der Waals surface area (Å²) in [7, 11) is 0. The van der Waals surface area contributed by atoms with Gasteiger partial charge in [-0.25, -0.2) is 0 Å². The minimum absolute atomic E-state index is 0.0927. The van der Waals surface area contributed by atoms with Gasteiger partial charge in [0.05, 0.1) is 11.5 Å². The first-order valence-electron chi connectivity index (χ1n) is 6.98. The van der Waals surface area contributed by atoms with Crippen molar-refractivity contribution in [1.82, 2.24) is 0 Å². The molecule has 1 aliphatic heterocycles. The molecule has 1 saturated heterocycles. The Morgan fingerprint density at radius 3 is 2.55 bits per heavy atom. The fourth-order valence-corrected chi connectivity index (χ4v) is 2.29. The van der Waals surface area contributed by atoms with Gasteiger partial charge in [-0.1, -0.05) is 24.3 Å². The minimum Gasteiger partial charge on any atom is -0.465 e. The van der Waals surface area contributed by atoms with Crippen LogP contribution in [0.1, 0.15) is 12.0 Å². The number of benzene rings is 2. The Bertz CT molecular complexity index is 680. The zero-order valence-electron chi connectivity index (χ0n) is 11.8. The molecule has 3 rings (SSSR count). The highest BCUT2D eigenvalue weighted by molar-refractivity contribution is 5.55. The Balaban J connectivity index is 1.63. The molecule has 0 aromatic heterocycles. The fraction of sp³-hybridized carbons (Fsp3) is 0.176. The smallest absolute Gasteiger partial charge is 0.269 e. The Hall–Kier alpha value is -2.66. The Kier molecular flexibility index (Phi) is 4.16. The molecule has 1 fully saturated rings. The second-order valence-corrected chi connectivity index (χ2v) is 5.03. The molecule has 1 heterocycles. The van der Waals surface area contributed by atoms with E-state index in [0.717, 1.165) is 16.9 Å². The van der Waals surface area contributed by atoms with Gasteiger partial charge in [-0.3, -0.25) is 10.1 Å². The lowest BCUT2D eigenvalue weighted by Gasteiger charge is -2.11. The zero-order chi connectivity index (χ0) is 15.4. The molecule has 0 amide bonds. The molecule has 5 heteroatoms. The van der Waals surface area contributed by atoms with Crippen molar-refractivity contribution in [2.45, 2.75) is 12.7 Å². The van der Waals surface area contributed by atoms with Gasteiger partial charge < -0.3 is 9.47 Å². The van der Waals surface area contributed by atoms with Crippen LogP contribution >= 0.6 is 0 Å². The number of para-hydroxylation sites is 1.